The summed E-state index contributed by atoms with van der Waals surface area (Å²) in [6.45, 7) is 2.02. The van der Waals surface area contributed by atoms with Gasteiger partial charge in [0.2, 0.25) is 0 Å². The third-order valence-electron chi connectivity index (χ3n) is 5.13. The molecular weight excluding hydrogens is 336 g/mol. The zero-order valence-corrected chi connectivity index (χ0v) is 15.0. The van der Waals surface area contributed by atoms with Gasteiger partial charge in [0.1, 0.15) is 11.9 Å². The Morgan fingerprint density at radius 2 is 1.92 bits per heavy atom. The highest BCUT2D eigenvalue weighted by Gasteiger charge is 2.36. The predicted octanol–water partition coefficient (Wildman–Crippen LogP) is 3.44. The van der Waals surface area contributed by atoms with Gasteiger partial charge in [0, 0.05) is 37.7 Å². The number of rotatable bonds is 2. The lowest BCUT2D eigenvalue weighted by Gasteiger charge is -2.37. The molecule has 2 N–H and O–H groups in total. The Kier molecular flexibility index (Phi) is 5.81. The first-order valence-electron chi connectivity index (χ1n) is 9.34. The molecule has 0 radical (unpaired) electrons. The molecule has 1 fully saturated rings. The molecule has 4 rings (SSSR count). The van der Waals surface area contributed by atoms with Gasteiger partial charge in [-0.05, 0) is 18.9 Å². The van der Waals surface area contributed by atoms with Crippen LogP contribution in [0.5, 0.6) is 0 Å². The predicted molar refractivity (Wildman–Crippen MR) is 94.5 cm³/mol. The second-order valence-corrected chi connectivity index (χ2v) is 7.31. The molecule has 0 saturated carbocycles. The number of hydrogen-bond donors (Lipinski definition) is 2. The highest BCUT2D eigenvalue weighted by atomic mass is 16.6. The highest BCUT2D eigenvalue weighted by molar-refractivity contribution is 5.94. The lowest BCUT2D eigenvalue weighted by Crippen LogP contribution is -2.40. The third kappa shape index (κ3) is 4.36. The molecule has 3 unspecified atom stereocenters. The molecule has 0 aromatic heterocycles. The molecule has 3 heterocycles. The number of esters is 1. The van der Waals surface area contributed by atoms with Gasteiger partial charge >= 0.3 is 5.97 Å². The fourth-order valence-electron chi connectivity index (χ4n) is 3.88. The summed E-state index contributed by atoms with van der Waals surface area (Å²) in [5.41, 5.74) is 0.0788. The van der Waals surface area contributed by atoms with Crippen LogP contribution in [0.3, 0.4) is 0 Å². The van der Waals surface area contributed by atoms with Gasteiger partial charge in [-0.3, -0.25) is 4.79 Å². The van der Waals surface area contributed by atoms with Crippen LogP contribution >= 0.6 is 0 Å². The highest BCUT2D eigenvalue weighted by Crippen LogP contribution is 2.34. The van der Waals surface area contributed by atoms with Crippen LogP contribution in [-0.2, 0) is 19.1 Å². The van der Waals surface area contributed by atoms with Gasteiger partial charge in [0.15, 0.2) is 5.78 Å². The number of hydrogen-bond acceptors (Lipinski definition) is 6. The molecule has 2 bridgehead atoms. The van der Waals surface area contributed by atoms with Gasteiger partial charge in [-0.25, -0.2) is 4.79 Å². The number of carbonyl (C=O) groups excluding carboxylic acids is 2. The van der Waals surface area contributed by atoms with E-state index in [-0.39, 0.29) is 54.0 Å². The molecule has 6 heteroatoms. The van der Waals surface area contributed by atoms with Crippen molar-refractivity contribution < 1.29 is 29.3 Å². The van der Waals surface area contributed by atoms with Crippen molar-refractivity contribution in [1.29, 1.82) is 0 Å². The van der Waals surface area contributed by atoms with E-state index in [1.807, 2.05) is 6.92 Å². The van der Waals surface area contributed by atoms with Crippen LogP contribution in [-0.4, -0.2) is 40.3 Å². The Bertz CT molecular complexity index is 653. The molecule has 1 saturated heterocycles. The average molecular weight is 362 g/mol. The topological polar surface area (TPSA) is 93.1 Å². The lowest BCUT2D eigenvalue weighted by atomic mass is 9.85. The summed E-state index contributed by atoms with van der Waals surface area (Å²) in [7, 11) is 0. The second kappa shape index (κ2) is 8.08. The standard InChI is InChI=1S/C20H26O6/c1-2-4-15-10-17-11-16(25-17)6-3-5-13(21)7-12-8-14(22)9-18(23)19(12)20(24)26-15/h3,5,9,12,15-17,22-23H,2,4,6-8,10-11H2,1H3/b5-3+/t12?,15-,16?,17?/m1/s1. The Morgan fingerprint density at radius 3 is 2.65 bits per heavy atom. The molecule has 6 nitrogen and oxygen atoms in total. The summed E-state index contributed by atoms with van der Waals surface area (Å²) >= 11 is 0. The van der Waals surface area contributed by atoms with E-state index in [1.54, 1.807) is 6.08 Å². The molecule has 0 aromatic rings. The van der Waals surface area contributed by atoms with E-state index in [0.29, 0.717) is 12.8 Å². The first-order chi connectivity index (χ1) is 12.5. The quantitative estimate of drug-likeness (QED) is 0.731. The van der Waals surface area contributed by atoms with Gasteiger partial charge in [0.05, 0.1) is 23.5 Å². The van der Waals surface area contributed by atoms with Crippen molar-refractivity contribution in [1.82, 2.24) is 0 Å². The minimum absolute atomic E-state index is 0.0372. The minimum Gasteiger partial charge on any atom is -0.512 e. The molecule has 4 aliphatic rings. The molecule has 0 aromatic carbocycles. The largest absolute Gasteiger partial charge is 0.512 e. The van der Waals surface area contributed by atoms with Crippen LogP contribution in [0.25, 0.3) is 0 Å². The van der Waals surface area contributed by atoms with Crippen molar-refractivity contribution in [2.45, 2.75) is 70.2 Å². The van der Waals surface area contributed by atoms with Crippen LogP contribution < -0.4 is 0 Å². The van der Waals surface area contributed by atoms with E-state index in [2.05, 4.69) is 0 Å². The maximum absolute atomic E-state index is 12.7. The summed E-state index contributed by atoms with van der Waals surface area (Å²) in [5.74, 6) is -1.70. The van der Waals surface area contributed by atoms with Crippen molar-refractivity contribution in [3.05, 3.63) is 35.3 Å². The molecule has 3 aliphatic heterocycles. The average Bonchev–Trinajstić information content (AvgIpc) is 2.50. The van der Waals surface area contributed by atoms with Crippen molar-refractivity contribution in [3.63, 3.8) is 0 Å². The van der Waals surface area contributed by atoms with E-state index in [1.165, 1.54) is 6.08 Å². The first kappa shape index (κ1) is 18.7. The molecule has 142 valence electrons. The Balaban J connectivity index is 1.86. The number of fused-ring (bicyclic) bond motifs is 6. The maximum Gasteiger partial charge on any atom is 0.338 e. The molecule has 0 spiro atoms. The first-order valence-corrected chi connectivity index (χ1v) is 9.34. The molecular formula is C20H26O6. The van der Waals surface area contributed by atoms with E-state index < -0.39 is 11.9 Å². The van der Waals surface area contributed by atoms with Crippen LogP contribution in [0.2, 0.25) is 0 Å². The number of aliphatic hydroxyl groups is 2. The molecule has 1 aliphatic carbocycles. The second-order valence-electron chi connectivity index (χ2n) is 7.31. The fourth-order valence-corrected chi connectivity index (χ4v) is 3.88. The number of aliphatic hydroxyl groups excluding tert-OH is 2. The lowest BCUT2D eigenvalue weighted by molar-refractivity contribution is -0.159. The number of carbonyl (C=O) groups is 2. The van der Waals surface area contributed by atoms with Crippen molar-refractivity contribution in [2.24, 2.45) is 5.92 Å². The normalized spacial score (nSPS) is 34.1. The zero-order chi connectivity index (χ0) is 18.7. The van der Waals surface area contributed by atoms with Crippen LogP contribution in [0.4, 0.5) is 0 Å². The van der Waals surface area contributed by atoms with E-state index >= 15 is 0 Å². The Hall–Kier alpha value is -2.08. The van der Waals surface area contributed by atoms with Crippen molar-refractivity contribution >= 4 is 11.8 Å². The van der Waals surface area contributed by atoms with Gasteiger partial charge < -0.3 is 19.7 Å². The van der Waals surface area contributed by atoms with Gasteiger partial charge in [0.25, 0.3) is 0 Å². The molecule has 26 heavy (non-hydrogen) atoms. The summed E-state index contributed by atoms with van der Waals surface area (Å²) in [6.07, 6.45) is 8.33. The fraction of sp³-hybridized carbons (Fsp3) is 0.600. The van der Waals surface area contributed by atoms with Crippen LogP contribution in [0, 0.1) is 5.92 Å². The van der Waals surface area contributed by atoms with E-state index in [0.717, 1.165) is 25.3 Å². The molecule has 4 atom stereocenters. The van der Waals surface area contributed by atoms with E-state index in [4.69, 9.17) is 9.47 Å². The minimum atomic E-state index is -0.612. The smallest absolute Gasteiger partial charge is 0.338 e. The zero-order valence-electron chi connectivity index (χ0n) is 15.0. The molecule has 0 amide bonds. The van der Waals surface area contributed by atoms with Gasteiger partial charge in [-0.1, -0.05) is 19.4 Å². The number of allylic oxidation sites excluding steroid dienone is 3. The summed E-state index contributed by atoms with van der Waals surface area (Å²) in [5, 5.41) is 20.0. The SMILES string of the molecule is CCC[C@@H]1CC2CC(C/C=C/C(=O)CC3CC(O)=CC(O)=C3C(=O)O1)O2. The van der Waals surface area contributed by atoms with E-state index in [9.17, 15) is 19.8 Å². The van der Waals surface area contributed by atoms with Gasteiger partial charge in [-0.2, -0.15) is 0 Å². The maximum atomic E-state index is 12.7. The summed E-state index contributed by atoms with van der Waals surface area (Å²) in [4.78, 5) is 25.0. The Morgan fingerprint density at radius 1 is 1.15 bits per heavy atom. The Labute approximate surface area is 153 Å². The number of ether oxygens (including phenoxy) is 2. The van der Waals surface area contributed by atoms with Gasteiger partial charge in [-0.15, -0.1) is 0 Å². The number of ketones is 1. The van der Waals surface area contributed by atoms with Crippen molar-refractivity contribution in [3.8, 4) is 0 Å². The van der Waals surface area contributed by atoms with Crippen LogP contribution in [0.1, 0.15) is 51.9 Å². The van der Waals surface area contributed by atoms with Crippen molar-refractivity contribution in [2.75, 3.05) is 0 Å². The van der Waals surface area contributed by atoms with Crippen LogP contribution in [0.15, 0.2) is 35.3 Å². The summed E-state index contributed by atoms with van der Waals surface area (Å²) < 4.78 is 11.5. The monoisotopic (exact) mass is 362 g/mol. The summed E-state index contributed by atoms with van der Waals surface area (Å²) in [6, 6.07) is 0. The third-order valence-corrected chi connectivity index (χ3v) is 5.13.